The molecule has 2 aromatic carbocycles. The zero-order valence-electron chi connectivity index (χ0n) is 10.6. The molecule has 3 rings (SSSR count). The van der Waals surface area contributed by atoms with E-state index in [0.717, 1.165) is 5.56 Å². The van der Waals surface area contributed by atoms with Crippen molar-refractivity contribution in [1.82, 2.24) is 10.2 Å². The van der Waals surface area contributed by atoms with Crippen molar-refractivity contribution < 1.29 is 8.81 Å². The second kappa shape index (κ2) is 5.84. The van der Waals surface area contributed by atoms with Gasteiger partial charge in [0.2, 0.25) is 5.89 Å². The van der Waals surface area contributed by atoms with Gasteiger partial charge >= 0.3 is 0 Å². The molecule has 1 atom stereocenters. The number of hydrogen-bond donors (Lipinski definition) is 0. The van der Waals surface area contributed by atoms with Gasteiger partial charge < -0.3 is 4.42 Å². The van der Waals surface area contributed by atoms with E-state index in [2.05, 4.69) is 10.2 Å². The molecule has 21 heavy (non-hydrogen) atoms. The molecule has 0 N–H and O–H groups in total. The Labute approximate surface area is 130 Å². The van der Waals surface area contributed by atoms with Crippen LogP contribution in [0.2, 0.25) is 5.02 Å². The molecule has 0 fully saturated rings. The fourth-order valence-electron chi connectivity index (χ4n) is 1.87. The molecule has 1 unspecified atom stereocenters. The Morgan fingerprint density at radius 2 is 1.81 bits per heavy atom. The first kappa shape index (κ1) is 14.0. The maximum Gasteiger partial charge on any atom is 0.250 e. The summed E-state index contributed by atoms with van der Waals surface area (Å²) in [5.74, 6) is -0.239. The fraction of sp³-hybridized carbons (Fsp3) is 0.0667. The van der Waals surface area contributed by atoms with Gasteiger partial charge in [-0.3, -0.25) is 0 Å². The topological polar surface area (TPSA) is 38.9 Å². The van der Waals surface area contributed by atoms with E-state index in [-0.39, 0.29) is 17.3 Å². The van der Waals surface area contributed by atoms with Crippen LogP contribution in [0.1, 0.15) is 16.8 Å². The molecule has 3 nitrogen and oxygen atoms in total. The average Bonchev–Trinajstić information content (AvgIpc) is 2.97. The largest absolute Gasteiger partial charge is 0.419 e. The Hall–Kier alpha value is -1.91. The molecule has 0 amide bonds. The standard InChI is InChI=1S/C15H9Cl2FN2O/c16-10-6-7-11(12(18)8-10)14-19-20-15(21-14)13(17)9-4-2-1-3-5-9/h1-8,13H. The highest BCUT2D eigenvalue weighted by Gasteiger charge is 2.20. The van der Waals surface area contributed by atoms with Crippen LogP contribution in [0.4, 0.5) is 4.39 Å². The van der Waals surface area contributed by atoms with E-state index >= 15 is 0 Å². The van der Waals surface area contributed by atoms with Crippen LogP contribution in [0.15, 0.2) is 52.9 Å². The smallest absolute Gasteiger partial charge is 0.250 e. The van der Waals surface area contributed by atoms with Crippen molar-refractivity contribution in [3.05, 3.63) is 70.8 Å². The van der Waals surface area contributed by atoms with Crippen molar-refractivity contribution in [1.29, 1.82) is 0 Å². The lowest BCUT2D eigenvalue weighted by Crippen LogP contribution is -1.92. The van der Waals surface area contributed by atoms with Gasteiger partial charge in [0.1, 0.15) is 11.2 Å². The third kappa shape index (κ3) is 2.91. The van der Waals surface area contributed by atoms with Gasteiger partial charge in [-0.1, -0.05) is 41.9 Å². The summed E-state index contributed by atoms with van der Waals surface area (Å²) >= 11 is 12.0. The predicted octanol–water partition coefficient (Wildman–Crippen LogP) is 4.86. The Morgan fingerprint density at radius 3 is 2.52 bits per heavy atom. The molecule has 3 aromatic rings. The van der Waals surface area contributed by atoms with E-state index in [9.17, 15) is 4.39 Å². The minimum absolute atomic E-state index is 0.0701. The van der Waals surface area contributed by atoms with Crippen LogP contribution in [-0.4, -0.2) is 10.2 Å². The minimum Gasteiger partial charge on any atom is -0.419 e. The zero-order chi connectivity index (χ0) is 14.8. The molecule has 0 aliphatic rings. The molecule has 0 spiro atoms. The Balaban J connectivity index is 1.93. The summed E-state index contributed by atoms with van der Waals surface area (Å²) in [5, 5.41) is 7.44. The third-order valence-corrected chi connectivity index (χ3v) is 3.58. The summed E-state index contributed by atoms with van der Waals surface area (Å²) in [4.78, 5) is 0. The summed E-state index contributed by atoms with van der Waals surface area (Å²) in [7, 11) is 0. The third-order valence-electron chi connectivity index (χ3n) is 2.91. The van der Waals surface area contributed by atoms with E-state index in [1.165, 1.54) is 12.1 Å². The second-order valence-electron chi connectivity index (χ2n) is 4.34. The summed E-state index contributed by atoms with van der Waals surface area (Å²) < 4.78 is 19.3. The SMILES string of the molecule is Fc1cc(Cl)ccc1-c1nnc(C(Cl)c2ccccc2)o1. The Bertz CT molecular complexity index is 761. The van der Waals surface area contributed by atoms with E-state index in [1.54, 1.807) is 6.07 Å². The lowest BCUT2D eigenvalue weighted by molar-refractivity contribution is 0.508. The van der Waals surface area contributed by atoms with Crippen LogP contribution in [-0.2, 0) is 0 Å². The van der Waals surface area contributed by atoms with E-state index in [4.69, 9.17) is 27.6 Å². The summed E-state index contributed by atoms with van der Waals surface area (Å²) in [6.45, 7) is 0. The van der Waals surface area contributed by atoms with Gasteiger partial charge in [-0.2, -0.15) is 0 Å². The van der Waals surface area contributed by atoms with Gasteiger partial charge in [0.05, 0.1) is 5.56 Å². The monoisotopic (exact) mass is 322 g/mol. The van der Waals surface area contributed by atoms with Gasteiger partial charge in [-0.25, -0.2) is 4.39 Å². The molecule has 0 bridgehead atoms. The first-order valence-electron chi connectivity index (χ1n) is 6.13. The fourth-order valence-corrected chi connectivity index (χ4v) is 2.27. The first-order chi connectivity index (χ1) is 10.1. The predicted molar refractivity (Wildman–Crippen MR) is 78.8 cm³/mol. The maximum absolute atomic E-state index is 13.8. The van der Waals surface area contributed by atoms with Crippen molar-refractivity contribution in [3.63, 3.8) is 0 Å². The molecular weight excluding hydrogens is 314 g/mol. The van der Waals surface area contributed by atoms with Crippen LogP contribution in [0.5, 0.6) is 0 Å². The van der Waals surface area contributed by atoms with Crippen molar-refractivity contribution in [2.45, 2.75) is 5.38 Å². The molecular formula is C15H9Cl2FN2O. The van der Waals surface area contributed by atoms with E-state index in [1.807, 2.05) is 30.3 Å². The molecule has 0 radical (unpaired) electrons. The summed E-state index contributed by atoms with van der Waals surface area (Å²) in [6, 6.07) is 13.5. The lowest BCUT2D eigenvalue weighted by atomic mass is 10.1. The Morgan fingerprint density at radius 1 is 1.05 bits per heavy atom. The highest BCUT2D eigenvalue weighted by atomic mass is 35.5. The molecule has 6 heteroatoms. The minimum atomic E-state index is -0.581. The normalized spacial score (nSPS) is 12.3. The lowest BCUT2D eigenvalue weighted by Gasteiger charge is -2.04. The summed E-state index contributed by atoms with van der Waals surface area (Å²) in [5.41, 5.74) is 1.01. The number of aromatic nitrogens is 2. The molecule has 0 aliphatic heterocycles. The molecule has 0 saturated heterocycles. The van der Waals surface area contributed by atoms with Crippen LogP contribution in [0.3, 0.4) is 0 Å². The molecule has 0 saturated carbocycles. The van der Waals surface area contributed by atoms with Crippen molar-refractivity contribution >= 4 is 23.2 Å². The molecule has 0 aliphatic carbocycles. The zero-order valence-corrected chi connectivity index (χ0v) is 12.1. The van der Waals surface area contributed by atoms with Gasteiger partial charge in [-0.05, 0) is 23.8 Å². The van der Waals surface area contributed by atoms with Crippen LogP contribution in [0, 0.1) is 5.82 Å². The number of benzene rings is 2. The number of nitrogens with zero attached hydrogens (tertiary/aromatic N) is 2. The molecule has 1 aromatic heterocycles. The highest BCUT2D eigenvalue weighted by Crippen LogP contribution is 2.31. The Kier molecular flexibility index (Phi) is 3.90. The molecule has 106 valence electrons. The quantitative estimate of drug-likeness (QED) is 0.646. The first-order valence-corrected chi connectivity index (χ1v) is 6.94. The van der Waals surface area contributed by atoms with Gasteiger partial charge in [0.15, 0.2) is 0 Å². The van der Waals surface area contributed by atoms with Crippen LogP contribution in [0.25, 0.3) is 11.5 Å². The maximum atomic E-state index is 13.8. The highest BCUT2D eigenvalue weighted by molar-refractivity contribution is 6.30. The number of alkyl halides is 1. The van der Waals surface area contributed by atoms with Gasteiger partial charge in [-0.15, -0.1) is 21.8 Å². The van der Waals surface area contributed by atoms with Crippen molar-refractivity contribution in [2.75, 3.05) is 0 Å². The van der Waals surface area contributed by atoms with Gasteiger partial charge in [0, 0.05) is 5.02 Å². The van der Waals surface area contributed by atoms with E-state index in [0.29, 0.717) is 5.02 Å². The number of rotatable bonds is 3. The van der Waals surface area contributed by atoms with E-state index < -0.39 is 11.2 Å². The van der Waals surface area contributed by atoms with Crippen molar-refractivity contribution in [2.24, 2.45) is 0 Å². The van der Waals surface area contributed by atoms with Gasteiger partial charge in [0.25, 0.3) is 5.89 Å². The summed E-state index contributed by atoms with van der Waals surface area (Å²) in [6.07, 6.45) is 0. The second-order valence-corrected chi connectivity index (χ2v) is 5.22. The van der Waals surface area contributed by atoms with Crippen LogP contribution < -0.4 is 0 Å². The number of hydrogen-bond acceptors (Lipinski definition) is 3. The average molecular weight is 323 g/mol. The van der Waals surface area contributed by atoms with Crippen molar-refractivity contribution in [3.8, 4) is 11.5 Å². The van der Waals surface area contributed by atoms with Crippen LogP contribution >= 0.6 is 23.2 Å². The molecule has 1 heterocycles. The number of halogens is 3.